The minimum Gasteiger partial charge on any atom is -0.489 e. The van der Waals surface area contributed by atoms with Crippen molar-refractivity contribution in [2.45, 2.75) is 44.9 Å². The molecular weight excluding hydrogens is 382 g/mol. The topological polar surface area (TPSA) is 123 Å². The van der Waals surface area contributed by atoms with Crippen molar-refractivity contribution in [3.8, 4) is 0 Å². The van der Waals surface area contributed by atoms with Crippen molar-refractivity contribution in [3.63, 3.8) is 0 Å². The highest BCUT2D eigenvalue weighted by Gasteiger charge is 2.51. The van der Waals surface area contributed by atoms with Crippen LogP contribution in [0.1, 0.15) is 57.4 Å². The van der Waals surface area contributed by atoms with Gasteiger partial charge in [-0.3, -0.25) is 9.59 Å². The SMILES string of the molecule is COC1=C(OC)C(=O)c2c(cc(COC(N)=O)c3c2CC2OC(C)(C)OC32)C1=O. The zero-order valence-electron chi connectivity index (χ0n) is 16.5. The number of carbonyl (C=O) groups excluding carboxylic acids is 3. The Morgan fingerprint density at radius 2 is 1.83 bits per heavy atom. The van der Waals surface area contributed by atoms with Crippen molar-refractivity contribution in [2.24, 2.45) is 5.73 Å². The monoisotopic (exact) mass is 403 g/mol. The van der Waals surface area contributed by atoms with Crippen molar-refractivity contribution in [2.75, 3.05) is 14.2 Å². The van der Waals surface area contributed by atoms with Gasteiger partial charge in [-0.1, -0.05) is 0 Å². The van der Waals surface area contributed by atoms with Gasteiger partial charge in [-0.15, -0.1) is 0 Å². The van der Waals surface area contributed by atoms with Crippen LogP contribution in [0, 0.1) is 0 Å². The standard InChI is InChI=1S/C20H21NO8/c1-20(2)28-11-6-9-12(16(11)29-20)8(7-27-19(21)24)5-10-13(9)15(23)18(26-4)17(25-3)14(10)22/h5,11,16H,6-7H2,1-4H3,(H2,21,24). The third kappa shape index (κ3) is 2.89. The first kappa shape index (κ1) is 19.4. The van der Waals surface area contributed by atoms with Crippen molar-refractivity contribution in [3.05, 3.63) is 45.4 Å². The fourth-order valence-corrected chi connectivity index (χ4v) is 4.33. The second kappa shape index (κ2) is 6.57. The summed E-state index contributed by atoms with van der Waals surface area (Å²) in [6.07, 6.45) is -1.37. The summed E-state index contributed by atoms with van der Waals surface area (Å²) in [7, 11) is 2.60. The van der Waals surface area contributed by atoms with Gasteiger partial charge in [-0.25, -0.2) is 4.79 Å². The number of methoxy groups -OCH3 is 2. The van der Waals surface area contributed by atoms with E-state index in [0.29, 0.717) is 23.1 Å². The molecular formula is C20H21NO8. The van der Waals surface area contributed by atoms with Crippen LogP contribution in [0.2, 0.25) is 0 Å². The molecule has 3 aliphatic rings. The molecule has 0 aromatic heterocycles. The maximum atomic E-state index is 13.1. The predicted octanol–water partition coefficient (Wildman–Crippen LogP) is 1.91. The van der Waals surface area contributed by atoms with Crippen LogP contribution in [0.25, 0.3) is 0 Å². The Kier molecular flexibility index (Phi) is 4.39. The molecule has 2 aliphatic carbocycles. The third-order valence-electron chi connectivity index (χ3n) is 5.30. The molecule has 0 radical (unpaired) electrons. The van der Waals surface area contributed by atoms with Crippen molar-refractivity contribution >= 4 is 17.7 Å². The van der Waals surface area contributed by atoms with Gasteiger partial charge in [0.1, 0.15) is 12.7 Å². The van der Waals surface area contributed by atoms with Crippen LogP contribution in [-0.2, 0) is 36.7 Å². The Labute approximate surface area is 166 Å². The number of ketones is 2. The molecule has 0 spiro atoms. The zero-order valence-corrected chi connectivity index (χ0v) is 16.5. The molecule has 9 nitrogen and oxygen atoms in total. The van der Waals surface area contributed by atoms with Crippen LogP contribution < -0.4 is 5.73 Å². The molecule has 9 heteroatoms. The maximum absolute atomic E-state index is 13.1. The van der Waals surface area contributed by atoms with Gasteiger partial charge < -0.3 is 29.4 Å². The zero-order chi connectivity index (χ0) is 21.1. The fourth-order valence-electron chi connectivity index (χ4n) is 4.33. The number of carbonyl (C=O) groups is 3. The van der Waals surface area contributed by atoms with Gasteiger partial charge in [-0.05, 0) is 36.6 Å². The van der Waals surface area contributed by atoms with Crippen LogP contribution in [0.15, 0.2) is 17.6 Å². The summed E-state index contributed by atoms with van der Waals surface area (Å²) in [6, 6.07) is 1.53. The maximum Gasteiger partial charge on any atom is 0.404 e. The van der Waals surface area contributed by atoms with Gasteiger partial charge in [0.2, 0.25) is 23.1 Å². The van der Waals surface area contributed by atoms with E-state index in [1.54, 1.807) is 13.8 Å². The lowest BCUT2D eigenvalue weighted by Crippen LogP contribution is -2.27. The summed E-state index contributed by atoms with van der Waals surface area (Å²) < 4.78 is 27.3. The molecule has 1 fully saturated rings. The molecule has 0 bridgehead atoms. The van der Waals surface area contributed by atoms with Gasteiger partial charge in [-0.2, -0.15) is 0 Å². The molecule has 2 atom stereocenters. The normalized spacial score (nSPS) is 24.1. The van der Waals surface area contributed by atoms with E-state index in [0.717, 1.165) is 0 Å². The molecule has 0 saturated carbocycles. The van der Waals surface area contributed by atoms with Gasteiger partial charge in [0.15, 0.2) is 5.79 Å². The quantitative estimate of drug-likeness (QED) is 0.809. The third-order valence-corrected chi connectivity index (χ3v) is 5.30. The van der Waals surface area contributed by atoms with E-state index < -0.39 is 29.6 Å². The predicted molar refractivity (Wildman–Crippen MR) is 97.0 cm³/mol. The Bertz CT molecular complexity index is 977. The number of allylic oxidation sites excluding steroid dienone is 2. The number of amides is 1. The van der Waals surface area contributed by atoms with Gasteiger partial charge >= 0.3 is 6.09 Å². The number of benzene rings is 1. The van der Waals surface area contributed by atoms with Crippen LogP contribution in [0.4, 0.5) is 4.79 Å². The number of primary amides is 1. The number of nitrogens with two attached hydrogens (primary N) is 1. The summed E-state index contributed by atoms with van der Waals surface area (Å²) in [5.41, 5.74) is 7.36. The number of hydrogen-bond donors (Lipinski definition) is 1. The summed E-state index contributed by atoms with van der Waals surface area (Å²) in [4.78, 5) is 37.3. The number of ether oxygens (including phenoxy) is 5. The molecule has 1 aliphatic heterocycles. The minimum absolute atomic E-state index is 0.146. The molecule has 1 aromatic carbocycles. The molecule has 4 rings (SSSR count). The first-order valence-electron chi connectivity index (χ1n) is 9.06. The van der Waals surface area contributed by atoms with E-state index in [-0.39, 0.29) is 35.4 Å². The Morgan fingerprint density at radius 1 is 1.17 bits per heavy atom. The molecule has 2 unspecified atom stereocenters. The largest absolute Gasteiger partial charge is 0.489 e. The Hall–Kier alpha value is -2.91. The Morgan fingerprint density at radius 3 is 2.45 bits per heavy atom. The van der Waals surface area contributed by atoms with Gasteiger partial charge in [0.25, 0.3) is 0 Å². The summed E-state index contributed by atoms with van der Waals surface area (Å²) >= 11 is 0. The van der Waals surface area contributed by atoms with E-state index in [1.165, 1.54) is 20.3 Å². The second-order valence-corrected chi connectivity index (χ2v) is 7.48. The molecule has 1 aromatic rings. The molecule has 154 valence electrons. The van der Waals surface area contributed by atoms with Crippen molar-refractivity contribution in [1.29, 1.82) is 0 Å². The molecule has 2 N–H and O–H groups in total. The number of fused-ring (bicyclic) bond motifs is 5. The van der Waals surface area contributed by atoms with Gasteiger partial charge in [0, 0.05) is 17.5 Å². The minimum atomic E-state index is -0.948. The summed E-state index contributed by atoms with van der Waals surface area (Å²) in [6.45, 7) is 3.44. The van der Waals surface area contributed by atoms with E-state index >= 15 is 0 Å². The first-order chi connectivity index (χ1) is 13.7. The van der Waals surface area contributed by atoms with Crippen molar-refractivity contribution in [1.82, 2.24) is 0 Å². The van der Waals surface area contributed by atoms with E-state index in [4.69, 9.17) is 29.4 Å². The number of Topliss-reactive ketones (excluding diaryl/α,β-unsaturated/α-hetero) is 2. The smallest absolute Gasteiger partial charge is 0.404 e. The molecule has 29 heavy (non-hydrogen) atoms. The lowest BCUT2D eigenvalue weighted by atomic mass is 9.84. The highest BCUT2D eigenvalue weighted by Crippen LogP contribution is 2.50. The van der Waals surface area contributed by atoms with Crippen LogP contribution in [0.3, 0.4) is 0 Å². The van der Waals surface area contributed by atoms with E-state index in [9.17, 15) is 14.4 Å². The highest BCUT2D eigenvalue weighted by atomic mass is 16.8. The lowest BCUT2D eigenvalue weighted by Gasteiger charge is -2.25. The molecule has 1 amide bonds. The van der Waals surface area contributed by atoms with Crippen LogP contribution in [0.5, 0.6) is 0 Å². The lowest BCUT2D eigenvalue weighted by molar-refractivity contribution is -0.148. The fraction of sp³-hybridized carbons (Fsp3) is 0.450. The second-order valence-electron chi connectivity index (χ2n) is 7.48. The van der Waals surface area contributed by atoms with Crippen LogP contribution >= 0.6 is 0 Å². The molecule has 1 saturated heterocycles. The molecule has 1 heterocycles. The average Bonchev–Trinajstić information content (AvgIpc) is 3.13. The van der Waals surface area contributed by atoms with Gasteiger partial charge in [0.05, 0.1) is 20.3 Å². The van der Waals surface area contributed by atoms with E-state index in [1.807, 2.05) is 0 Å². The highest BCUT2D eigenvalue weighted by molar-refractivity contribution is 6.26. The summed E-state index contributed by atoms with van der Waals surface area (Å²) in [5.74, 6) is -2.05. The van der Waals surface area contributed by atoms with Crippen LogP contribution in [-0.4, -0.2) is 43.8 Å². The van der Waals surface area contributed by atoms with Crippen molar-refractivity contribution < 1.29 is 38.1 Å². The van der Waals surface area contributed by atoms with E-state index in [2.05, 4.69) is 0 Å². The first-order valence-corrected chi connectivity index (χ1v) is 9.06. The number of rotatable bonds is 4. The Balaban J connectivity index is 1.91. The average molecular weight is 403 g/mol. The number of hydrogen-bond acceptors (Lipinski definition) is 8. The summed E-state index contributed by atoms with van der Waals surface area (Å²) in [5, 5.41) is 0.